The SMILES string of the molecule is COc1c(NC(=O)c2ccco2)ccc(N)c1C(=N)c1cc2c(s1)C=CCC2. The van der Waals surface area contributed by atoms with Crippen LogP contribution in [0.4, 0.5) is 11.4 Å². The lowest BCUT2D eigenvalue weighted by Crippen LogP contribution is -2.14. The molecule has 0 unspecified atom stereocenters. The second kappa shape index (κ2) is 7.36. The van der Waals surface area contributed by atoms with Gasteiger partial charge in [-0.25, -0.2) is 0 Å². The van der Waals surface area contributed by atoms with Gasteiger partial charge in [0.1, 0.15) is 0 Å². The van der Waals surface area contributed by atoms with Gasteiger partial charge < -0.3 is 20.2 Å². The van der Waals surface area contributed by atoms with Crippen LogP contribution in [0.3, 0.4) is 0 Å². The Balaban J connectivity index is 1.72. The number of fused-ring (bicyclic) bond motifs is 1. The lowest BCUT2D eigenvalue weighted by atomic mass is 10.0. The molecule has 2 heterocycles. The standard InChI is InChI=1S/C21H19N3O3S/c1-26-20-14(24-21(25)15-6-4-10-27-15)9-8-13(22)18(20)19(23)17-11-12-5-2-3-7-16(12)28-17/h3-4,6-11,23H,2,5,22H2,1H3,(H,24,25). The van der Waals surface area contributed by atoms with E-state index in [2.05, 4.69) is 17.5 Å². The number of amides is 1. The number of allylic oxidation sites excluding steroid dienone is 1. The van der Waals surface area contributed by atoms with Gasteiger partial charge in [0.25, 0.3) is 5.91 Å². The minimum atomic E-state index is -0.401. The Bertz CT molecular complexity index is 1080. The number of nitrogen functional groups attached to an aromatic ring is 1. The normalized spacial score (nSPS) is 12.5. The maximum absolute atomic E-state index is 12.4. The zero-order valence-corrected chi connectivity index (χ0v) is 16.1. The monoisotopic (exact) mass is 393 g/mol. The topological polar surface area (TPSA) is 101 Å². The highest BCUT2D eigenvalue weighted by molar-refractivity contribution is 7.15. The van der Waals surface area contributed by atoms with E-state index in [9.17, 15) is 4.79 Å². The Hall–Kier alpha value is -3.32. The van der Waals surface area contributed by atoms with E-state index in [4.69, 9.17) is 20.3 Å². The summed E-state index contributed by atoms with van der Waals surface area (Å²) in [6.07, 6.45) is 7.66. The molecule has 4 rings (SSSR count). The van der Waals surface area contributed by atoms with E-state index in [0.717, 1.165) is 17.7 Å². The largest absolute Gasteiger partial charge is 0.494 e. The van der Waals surface area contributed by atoms with E-state index in [1.54, 1.807) is 35.6 Å². The maximum Gasteiger partial charge on any atom is 0.291 e. The van der Waals surface area contributed by atoms with Gasteiger partial charge in [-0.2, -0.15) is 0 Å². The molecule has 0 saturated heterocycles. The van der Waals surface area contributed by atoms with Crippen LogP contribution in [0.2, 0.25) is 0 Å². The molecule has 0 fully saturated rings. The van der Waals surface area contributed by atoms with Gasteiger partial charge in [-0.1, -0.05) is 6.08 Å². The van der Waals surface area contributed by atoms with Crippen LogP contribution in [0, 0.1) is 5.41 Å². The molecule has 0 bridgehead atoms. The van der Waals surface area contributed by atoms with Crippen molar-refractivity contribution in [3.05, 3.63) is 69.3 Å². The first kappa shape index (κ1) is 18.1. The number of nitrogens with one attached hydrogen (secondary N) is 2. The molecule has 2 aromatic heterocycles. The van der Waals surface area contributed by atoms with Gasteiger partial charge in [0.15, 0.2) is 11.5 Å². The number of carbonyl (C=O) groups is 1. The van der Waals surface area contributed by atoms with Crippen LogP contribution in [0.5, 0.6) is 5.75 Å². The number of hydrogen-bond acceptors (Lipinski definition) is 6. The highest BCUT2D eigenvalue weighted by Gasteiger charge is 2.22. The number of thiophene rings is 1. The minimum Gasteiger partial charge on any atom is -0.494 e. The van der Waals surface area contributed by atoms with E-state index in [1.807, 2.05) is 6.07 Å². The molecule has 0 saturated carbocycles. The summed E-state index contributed by atoms with van der Waals surface area (Å²) in [6.45, 7) is 0. The van der Waals surface area contributed by atoms with Gasteiger partial charge in [-0.05, 0) is 54.8 Å². The highest BCUT2D eigenvalue weighted by Crippen LogP contribution is 2.37. The van der Waals surface area contributed by atoms with Gasteiger partial charge >= 0.3 is 0 Å². The third-order valence-corrected chi connectivity index (χ3v) is 5.73. The molecule has 6 nitrogen and oxygen atoms in total. The molecule has 1 amide bonds. The van der Waals surface area contributed by atoms with Gasteiger partial charge in [0.05, 0.1) is 35.2 Å². The first-order valence-corrected chi connectivity index (χ1v) is 9.60. The second-order valence-corrected chi connectivity index (χ2v) is 7.44. The number of methoxy groups -OCH3 is 1. The molecule has 0 spiro atoms. The summed E-state index contributed by atoms with van der Waals surface area (Å²) < 4.78 is 10.7. The van der Waals surface area contributed by atoms with Crippen molar-refractivity contribution in [1.29, 1.82) is 5.41 Å². The van der Waals surface area contributed by atoms with Crippen molar-refractivity contribution in [1.82, 2.24) is 0 Å². The molecule has 0 radical (unpaired) electrons. The first-order chi connectivity index (χ1) is 13.6. The van der Waals surface area contributed by atoms with E-state index in [0.29, 0.717) is 22.7 Å². The first-order valence-electron chi connectivity index (χ1n) is 8.78. The van der Waals surface area contributed by atoms with Crippen molar-refractivity contribution in [2.24, 2.45) is 0 Å². The molecule has 28 heavy (non-hydrogen) atoms. The van der Waals surface area contributed by atoms with Crippen LogP contribution in [0.25, 0.3) is 6.08 Å². The average Bonchev–Trinajstić information content (AvgIpc) is 3.38. The number of hydrogen-bond donors (Lipinski definition) is 3. The van der Waals surface area contributed by atoms with Crippen molar-refractivity contribution >= 4 is 40.4 Å². The van der Waals surface area contributed by atoms with Gasteiger partial charge in [0, 0.05) is 10.6 Å². The van der Waals surface area contributed by atoms with E-state index in [-0.39, 0.29) is 11.5 Å². The van der Waals surface area contributed by atoms with Crippen LogP contribution >= 0.6 is 11.3 Å². The van der Waals surface area contributed by atoms with Crippen LogP contribution in [0.1, 0.15) is 37.9 Å². The Morgan fingerprint density at radius 3 is 2.93 bits per heavy atom. The fourth-order valence-corrected chi connectivity index (χ4v) is 4.31. The number of aryl methyl sites for hydroxylation is 1. The van der Waals surface area contributed by atoms with Crippen molar-refractivity contribution in [3.8, 4) is 5.75 Å². The Kier molecular flexibility index (Phi) is 4.75. The average molecular weight is 393 g/mol. The summed E-state index contributed by atoms with van der Waals surface area (Å²) in [5, 5.41) is 11.5. The third-order valence-electron chi connectivity index (χ3n) is 4.57. The number of anilines is 2. The van der Waals surface area contributed by atoms with E-state index >= 15 is 0 Å². The van der Waals surface area contributed by atoms with Crippen molar-refractivity contribution in [2.75, 3.05) is 18.2 Å². The lowest BCUT2D eigenvalue weighted by Gasteiger charge is -2.16. The molecule has 0 aliphatic heterocycles. The summed E-state index contributed by atoms with van der Waals surface area (Å²) in [4.78, 5) is 14.3. The number of ether oxygens (including phenoxy) is 1. The molecular weight excluding hydrogens is 374 g/mol. The fraction of sp³-hybridized carbons (Fsp3) is 0.143. The van der Waals surface area contributed by atoms with E-state index < -0.39 is 5.91 Å². The molecule has 3 aromatic rings. The maximum atomic E-state index is 12.4. The highest BCUT2D eigenvalue weighted by atomic mass is 32.1. The molecule has 0 atom stereocenters. The lowest BCUT2D eigenvalue weighted by molar-refractivity contribution is 0.0996. The number of furan rings is 1. The number of benzene rings is 1. The zero-order valence-electron chi connectivity index (χ0n) is 15.2. The Labute approximate surface area is 166 Å². The summed E-state index contributed by atoms with van der Waals surface area (Å²) in [5.74, 6) is 0.141. The number of nitrogens with two attached hydrogens (primary N) is 1. The summed E-state index contributed by atoms with van der Waals surface area (Å²) >= 11 is 1.56. The summed E-state index contributed by atoms with van der Waals surface area (Å²) in [6, 6.07) is 8.58. The second-order valence-electron chi connectivity index (χ2n) is 6.36. The number of rotatable bonds is 5. The smallest absolute Gasteiger partial charge is 0.291 e. The predicted octanol–water partition coefficient (Wildman–Crippen LogP) is 4.56. The van der Waals surface area contributed by atoms with Gasteiger partial charge in [-0.15, -0.1) is 11.3 Å². The van der Waals surface area contributed by atoms with Crippen LogP contribution in [0.15, 0.2) is 47.1 Å². The summed E-state index contributed by atoms with van der Waals surface area (Å²) in [5.41, 5.74) is 9.01. The van der Waals surface area contributed by atoms with E-state index in [1.165, 1.54) is 23.8 Å². The quantitative estimate of drug-likeness (QED) is 0.437. The number of carbonyl (C=O) groups excluding carboxylic acids is 1. The third kappa shape index (κ3) is 3.20. The fourth-order valence-electron chi connectivity index (χ4n) is 3.21. The predicted molar refractivity (Wildman–Crippen MR) is 112 cm³/mol. The van der Waals surface area contributed by atoms with Crippen molar-refractivity contribution < 1.29 is 13.9 Å². The Morgan fingerprint density at radius 1 is 1.36 bits per heavy atom. The van der Waals surface area contributed by atoms with Gasteiger partial charge in [0.2, 0.25) is 0 Å². The summed E-state index contributed by atoms with van der Waals surface area (Å²) in [7, 11) is 1.50. The Morgan fingerprint density at radius 2 is 2.21 bits per heavy atom. The van der Waals surface area contributed by atoms with Gasteiger partial charge in [-0.3, -0.25) is 10.2 Å². The van der Waals surface area contributed by atoms with Crippen LogP contribution in [-0.4, -0.2) is 18.7 Å². The minimum absolute atomic E-state index is 0.188. The molecule has 4 N–H and O–H groups in total. The zero-order chi connectivity index (χ0) is 19.7. The molecule has 1 aliphatic carbocycles. The molecule has 142 valence electrons. The molecule has 1 aliphatic rings. The molecule has 1 aromatic carbocycles. The van der Waals surface area contributed by atoms with Crippen molar-refractivity contribution in [3.63, 3.8) is 0 Å². The van der Waals surface area contributed by atoms with Crippen LogP contribution < -0.4 is 15.8 Å². The van der Waals surface area contributed by atoms with Crippen LogP contribution in [-0.2, 0) is 6.42 Å². The molecular formula is C21H19N3O3S. The molecule has 7 heteroatoms. The van der Waals surface area contributed by atoms with Crippen molar-refractivity contribution in [2.45, 2.75) is 12.8 Å².